The maximum Gasteiger partial charge on any atom is 0.205 e. The van der Waals surface area contributed by atoms with Crippen LogP contribution in [-0.4, -0.2) is 19.7 Å². The number of furan rings is 1. The van der Waals surface area contributed by atoms with Gasteiger partial charge in [-0.1, -0.05) is 35.3 Å². The number of benzene rings is 2. The second kappa shape index (κ2) is 8.27. The molecule has 4 rings (SSSR count). The van der Waals surface area contributed by atoms with E-state index in [0.717, 1.165) is 6.26 Å². The first-order valence-corrected chi connectivity index (χ1v) is 12.0. The molecule has 10 heteroatoms. The first-order valence-electron chi connectivity index (χ1n) is 9.34. The summed E-state index contributed by atoms with van der Waals surface area (Å²) in [4.78, 5) is 4.35. The highest BCUT2D eigenvalue weighted by Gasteiger charge is 2.23. The minimum atomic E-state index is -3.39. The molecule has 2 aromatic carbocycles. The van der Waals surface area contributed by atoms with Crippen LogP contribution in [0.5, 0.6) is 5.75 Å². The van der Waals surface area contributed by atoms with E-state index in [-0.39, 0.29) is 32.1 Å². The molecular formula is C22H17Cl2FN2O4S. The van der Waals surface area contributed by atoms with Gasteiger partial charge in [0.25, 0.3) is 0 Å². The van der Waals surface area contributed by atoms with E-state index in [9.17, 15) is 12.8 Å². The van der Waals surface area contributed by atoms with E-state index in [4.69, 9.17) is 38.1 Å². The van der Waals surface area contributed by atoms with Crippen molar-refractivity contribution in [2.75, 3.05) is 12.0 Å². The Hall–Kier alpha value is -2.81. The fourth-order valence-corrected chi connectivity index (χ4v) is 4.71. The molecule has 1 atom stereocenters. The predicted molar refractivity (Wildman–Crippen MR) is 122 cm³/mol. The smallest absolute Gasteiger partial charge is 0.205 e. The monoisotopic (exact) mass is 494 g/mol. The highest BCUT2D eigenvalue weighted by molar-refractivity contribution is 7.90. The fraction of sp³-hybridized carbons (Fsp3) is 0.136. The molecule has 32 heavy (non-hydrogen) atoms. The van der Waals surface area contributed by atoms with Crippen molar-refractivity contribution >= 4 is 49.8 Å². The first kappa shape index (κ1) is 22.4. The summed E-state index contributed by atoms with van der Waals surface area (Å²) in [5.74, 6) is -0.437. The standard InChI is InChI=1S/C22H17Cl2FN2O4S/c1-11(18-16(23)6-7-17(25)19(18)24)31-21-20-14(9-27-22(21)26)15(10-30-20)12-4-3-5-13(8-12)32(2,28)29/h3-11H,1-2H3,(H2,26,27)/t11-/m1/s1. The third-order valence-electron chi connectivity index (χ3n) is 4.95. The molecule has 2 aromatic heterocycles. The van der Waals surface area contributed by atoms with Gasteiger partial charge in [0.1, 0.15) is 11.9 Å². The van der Waals surface area contributed by atoms with E-state index in [1.54, 1.807) is 25.1 Å². The number of nitrogens with two attached hydrogens (primary N) is 1. The summed E-state index contributed by atoms with van der Waals surface area (Å²) in [7, 11) is -3.39. The number of aromatic nitrogens is 1. The number of hydrogen-bond donors (Lipinski definition) is 1. The number of fused-ring (bicyclic) bond motifs is 1. The normalized spacial score (nSPS) is 12.8. The van der Waals surface area contributed by atoms with Crippen LogP contribution in [0.2, 0.25) is 10.0 Å². The Balaban J connectivity index is 1.80. The molecule has 0 radical (unpaired) electrons. The third-order valence-corrected chi connectivity index (χ3v) is 6.78. The summed E-state index contributed by atoms with van der Waals surface area (Å²) in [5, 5.41) is 0.644. The maximum absolute atomic E-state index is 14.0. The van der Waals surface area contributed by atoms with Gasteiger partial charge < -0.3 is 14.9 Å². The Morgan fingerprint density at radius 1 is 1.22 bits per heavy atom. The van der Waals surface area contributed by atoms with Crippen molar-refractivity contribution < 1.29 is 22.0 Å². The van der Waals surface area contributed by atoms with Crippen LogP contribution in [0.15, 0.2) is 58.2 Å². The second-order valence-electron chi connectivity index (χ2n) is 7.18. The Morgan fingerprint density at radius 3 is 2.69 bits per heavy atom. The molecule has 0 aliphatic rings. The third kappa shape index (κ3) is 4.01. The zero-order valence-corrected chi connectivity index (χ0v) is 19.2. The van der Waals surface area contributed by atoms with Crippen molar-refractivity contribution in [3.63, 3.8) is 0 Å². The van der Waals surface area contributed by atoms with Crippen LogP contribution in [0.3, 0.4) is 0 Å². The van der Waals surface area contributed by atoms with Gasteiger partial charge >= 0.3 is 0 Å². The average molecular weight is 495 g/mol. The lowest BCUT2D eigenvalue weighted by atomic mass is 10.1. The SMILES string of the molecule is C[C@@H](Oc1c(N)ncc2c(-c3cccc(S(C)(=O)=O)c3)coc12)c1c(Cl)ccc(F)c1Cl. The summed E-state index contributed by atoms with van der Waals surface area (Å²) in [5.41, 5.74) is 7.82. The first-order chi connectivity index (χ1) is 15.1. The minimum Gasteiger partial charge on any atom is -0.478 e. The molecule has 0 spiro atoms. The molecule has 0 unspecified atom stereocenters. The van der Waals surface area contributed by atoms with E-state index in [1.165, 1.54) is 30.7 Å². The summed E-state index contributed by atoms with van der Waals surface area (Å²) >= 11 is 12.3. The number of sulfone groups is 1. The lowest BCUT2D eigenvalue weighted by Gasteiger charge is -2.18. The van der Waals surface area contributed by atoms with Crippen LogP contribution in [0.25, 0.3) is 22.1 Å². The molecule has 0 saturated heterocycles. The molecule has 2 heterocycles. The number of ether oxygens (including phenoxy) is 1. The molecule has 0 saturated carbocycles. The fourth-order valence-electron chi connectivity index (χ4n) is 3.36. The lowest BCUT2D eigenvalue weighted by Crippen LogP contribution is -2.08. The summed E-state index contributed by atoms with van der Waals surface area (Å²) in [6.07, 6.45) is 3.34. The Bertz CT molecular complexity index is 1450. The number of hydrogen-bond acceptors (Lipinski definition) is 6. The van der Waals surface area contributed by atoms with Crippen LogP contribution >= 0.6 is 23.2 Å². The van der Waals surface area contributed by atoms with Crippen molar-refractivity contribution in [2.24, 2.45) is 0 Å². The number of nitrogens with zero attached hydrogens (tertiary/aromatic N) is 1. The van der Waals surface area contributed by atoms with Crippen molar-refractivity contribution in [1.82, 2.24) is 4.98 Å². The summed E-state index contributed by atoms with van der Waals surface area (Å²) in [6, 6.07) is 9.01. The number of anilines is 1. The summed E-state index contributed by atoms with van der Waals surface area (Å²) in [6.45, 7) is 1.64. The van der Waals surface area contributed by atoms with Gasteiger partial charge in [-0.25, -0.2) is 17.8 Å². The number of rotatable bonds is 5. The molecule has 6 nitrogen and oxygen atoms in total. The van der Waals surface area contributed by atoms with E-state index in [2.05, 4.69) is 4.98 Å². The maximum atomic E-state index is 14.0. The number of pyridine rings is 1. The molecule has 0 aliphatic heterocycles. The van der Waals surface area contributed by atoms with Crippen LogP contribution in [0, 0.1) is 5.82 Å². The van der Waals surface area contributed by atoms with E-state index in [0.29, 0.717) is 22.1 Å². The van der Waals surface area contributed by atoms with Gasteiger partial charge in [0.2, 0.25) is 5.75 Å². The topological polar surface area (TPSA) is 95.4 Å². The van der Waals surface area contributed by atoms with Crippen LogP contribution in [-0.2, 0) is 9.84 Å². The quantitative estimate of drug-likeness (QED) is 0.338. The van der Waals surface area contributed by atoms with Gasteiger partial charge in [0.05, 0.1) is 21.6 Å². The van der Waals surface area contributed by atoms with E-state index in [1.807, 2.05) is 0 Å². The van der Waals surface area contributed by atoms with Crippen molar-refractivity contribution in [1.29, 1.82) is 0 Å². The summed E-state index contributed by atoms with van der Waals surface area (Å²) < 4.78 is 49.5. The largest absolute Gasteiger partial charge is 0.478 e. The van der Waals surface area contributed by atoms with Crippen molar-refractivity contribution in [3.8, 4) is 16.9 Å². The zero-order chi connectivity index (χ0) is 23.2. The van der Waals surface area contributed by atoms with E-state index >= 15 is 0 Å². The Labute approximate surface area is 193 Å². The Kier molecular flexibility index (Phi) is 5.79. The minimum absolute atomic E-state index is 0.0544. The van der Waals surface area contributed by atoms with Gasteiger partial charge in [0, 0.05) is 28.6 Å². The zero-order valence-electron chi connectivity index (χ0n) is 16.9. The predicted octanol–water partition coefficient (Wildman–Crippen LogP) is 6.07. The van der Waals surface area contributed by atoms with Gasteiger partial charge in [-0.3, -0.25) is 0 Å². The van der Waals surface area contributed by atoms with Crippen molar-refractivity contribution in [2.45, 2.75) is 17.9 Å². The Morgan fingerprint density at radius 2 is 1.97 bits per heavy atom. The molecule has 166 valence electrons. The second-order valence-corrected chi connectivity index (χ2v) is 9.98. The van der Waals surface area contributed by atoms with Gasteiger partial charge in [0.15, 0.2) is 21.2 Å². The highest BCUT2D eigenvalue weighted by Crippen LogP contribution is 2.41. The number of nitrogen functional groups attached to an aromatic ring is 1. The highest BCUT2D eigenvalue weighted by atomic mass is 35.5. The molecule has 4 aromatic rings. The molecule has 0 fully saturated rings. The lowest BCUT2D eigenvalue weighted by molar-refractivity contribution is 0.227. The average Bonchev–Trinajstić information content (AvgIpc) is 3.17. The van der Waals surface area contributed by atoms with Crippen LogP contribution < -0.4 is 10.5 Å². The van der Waals surface area contributed by atoms with Crippen molar-refractivity contribution in [3.05, 3.63) is 70.3 Å². The molecule has 2 N–H and O–H groups in total. The van der Waals surface area contributed by atoms with Gasteiger partial charge in [-0.2, -0.15) is 0 Å². The molecule has 0 amide bonds. The molecule has 0 bridgehead atoms. The molecule has 0 aliphatic carbocycles. The van der Waals surface area contributed by atoms with Gasteiger partial charge in [-0.05, 0) is 36.8 Å². The van der Waals surface area contributed by atoms with E-state index < -0.39 is 21.8 Å². The van der Waals surface area contributed by atoms with Gasteiger partial charge in [-0.15, -0.1) is 0 Å². The number of halogens is 3. The van der Waals surface area contributed by atoms with Crippen LogP contribution in [0.4, 0.5) is 10.2 Å². The van der Waals surface area contributed by atoms with Crippen LogP contribution in [0.1, 0.15) is 18.6 Å². The molecular weight excluding hydrogens is 478 g/mol.